The summed E-state index contributed by atoms with van der Waals surface area (Å²) >= 11 is 0. The maximum absolute atomic E-state index is 12.5. The van der Waals surface area contributed by atoms with Crippen LogP contribution in [0, 0.1) is 19.8 Å². The fourth-order valence-electron chi connectivity index (χ4n) is 2.67. The molecule has 3 rings (SSSR count). The molecule has 0 bridgehead atoms. The van der Waals surface area contributed by atoms with Crippen molar-refractivity contribution in [3.05, 3.63) is 35.5 Å². The van der Waals surface area contributed by atoms with Crippen LogP contribution in [0.15, 0.2) is 16.8 Å². The highest BCUT2D eigenvalue weighted by atomic mass is 16.5. The van der Waals surface area contributed by atoms with Crippen molar-refractivity contribution in [2.45, 2.75) is 32.7 Å². The van der Waals surface area contributed by atoms with Crippen molar-refractivity contribution in [2.24, 2.45) is 5.92 Å². The molecule has 1 fully saturated rings. The van der Waals surface area contributed by atoms with Gasteiger partial charge in [0, 0.05) is 19.4 Å². The minimum atomic E-state index is -0.345. The molecular weight excluding hydrogens is 298 g/mol. The second kappa shape index (κ2) is 6.82. The number of hydrogen-bond donors (Lipinski definition) is 1. The van der Waals surface area contributed by atoms with E-state index < -0.39 is 0 Å². The van der Waals surface area contributed by atoms with Gasteiger partial charge in [0.05, 0.1) is 0 Å². The van der Waals surface area contributed by atoms with Gasteiger partial charge < -0.3 is 14.6 Å². The topological polar surface area (TPSA) is 103 Å². The zero-order valence-electron chi connectivity index (χ0n) is 13.2. The number of nitrogens with zero attached hydrogens (tertiary/aromatic N) is 4. The first kappa shape index (κ1) is 15.5. The predicted octanol–water partition coefficient (Wildman–Crippen LogP) is 1.37. The third-order valence-electron chi connectivity index (χ3n) is 3.84. The molecule has 1 aliphatic heterocycles. The third-order valence-corrected chi connectivity index (χ3v) is 3.84. The molecule has 23 heavy (non-hydrogen) atoms. The van der Waals surface area contributed by atoms with Crippen LogP contribution >= 0.6 is 0 Å². The smallest absolute Gasteiger partial charge is 0.270 e. The highest BCUT2D eigenvalue weighted by Gasteiger charge is 2.31. The van der Waals surface area contributed by atoms with E-state index in [1.165, 1.54) is 0 Å². The van der Waals surface area contributed by atoms with E-state index in [-0.39, 0.29) is 17.9 Å². The molecule has 8 heteroatoms. The van der Waals surface area contributed by atoms with Crippen LogP contribution < -0.4 is 5.32 Å². The Labute approximate surface area is 133 Å². The highest BCUT2D eigenvalue weighted by Crippen LogP contribution is 2.29. The van der Waals surface area contributed by atoms with Crippen LogP contribution in [0.4, 0.5) is 0 Å². The van der Waals surface area contributed by atoms with Gasteiger partial charge in [-0.15, -0.1) is 0 Å². The predicted molar refractivity (Wildman–Crippen MR) is 79.6 cm³/mol. The van der Waals surface area contributed by atoms with E-state index in [0.29, 0.717) is 36.4 Å². The molecule has 0 aliphatic carbocycles. The minimum absolute atomic E-state index is 0.190. The van der Waals surface area contributed by atoms with Gasteiger partial charge in [0.2, 0.25) is 5.89 Å². The van der Waals surface area contributed by atoms with E-state index in [1.54, 1.807) is 26.1 Å². The first-order chi connectivity index (χ1) is 11.1. The molecule has 3 heterocycles. The Morgan fingerprint density at radius 1 is 1.26 bits per heavy atom. The maximum Gasteiger partial charge on any atom is 0.270 e. The normalized spacial score (nSPS) is 17.0. The quantitative estimate of drug-likeness (QED) is 0.908. The molecule has 2 aromatic heterocycles. The highest BCUT2D eigenvalue weighted by molar-refractivity contribution is 5.92. The van der Waals surface area contributed by atoms with Crippen molar-refractivity contribution in [1.29, 1.82) is 0 Å². The Kier molecular flexibility index (Phi) is 4.61. The van der Waals surface area contributed by atoms with Gasteiger partial charge in [-0.3, -0.25) is 4.79 Å². The minimum Gasteiger partial charge on any atom is -0.381 e. The molecule has 2 aromatic rings. The Morgan fingerprint density at radius 2 is 2.04 bits per heavy atom. The molecule has 0 radical (unpaired) electrons. The number of ether oxygens (including phenoxy) is 1. The molecule has 1 aliphatic rings. The summed E-state index contributed by atoms with van der Waals surface area (Å²) in [6.45, 7) is 4.82. The van der Waals surface area contributed by atoms with E-state index in [2.05, 4.69) is 25.4 Å². The van der Waals surface area contributed by atoms with E-state index in [4.69, 9.17) is 9.26 Å². The number of nitrogens with one attached hydrogen (secondary N) is 1. The second-order valence-corrected chi connectivity index (χ2v) is 5.57. The molecule has 8 nitrogen and oxygen atoms in total. The lowest BCUT2D eigenvalue weighted by atomic mass is 9.91. The van der Waals surface area contributed by atoms with Gasteiger partial charge in [-0.2, -0.15) is 4.98 Å². The lowest BCUT2D eigenvalue weighted by Gasteiger charge is -2.28. The summed E-state index contributed by atoms with van der Waals surface area (Å²) in [6, 6.07) is 1.24. The fraction of sp³-hybridized carbons (Fsp3) is 0.533. The number of carbonyl (C=O) groups excluding carboxylic acids is 1. The van der Waals surface area contributed by atoms with Crippen molar-refractivity contribution < 1.29 is 14.1 Å². The van der Waals surface area contributed by atoms with Gasteiger partial charge in [0.15, 0.2) is 5.82 Å². The summed E-state index contributed by atoms with van der Waals surface area (Å²) in [4.78, 5) is 25.0. The van der Waals surface area contributed by atoms with Crippen LogP contribution in [0.25, 0.3) is 0 Å². The Bertz CT molecular complexity index is 681. The molecule has 0 spiro atoms. The van der Waals surface area contributed by atoms with Gasteiger partial charge in [0.25, 0.3) is 5.91 Å². The average molecular weight is 317 g/mol. The van der Waals surface area contributed by atoms with Crippen LogP contribution in [-0.4, -0.2) is 39.2 Å². The van der Waals surface area contributed by atoms with Crippen LogP contribution in [0.3, 0.4) is 0 Å². The monoisotopic (exact) mass is 317 g/mol. The second-order valence-electron chi connectivity index (χ2n) is 5.57. The average Bonchev–Trinajstić information content (AvgIpc) is 2.99. The molecular formula is C15H19N5O3. The SMILES string of the molecule is Cc1nccc(C(=O)N[C@@H](c2nc(C)no2)C2CCOCC2)n1. The standard InChI is InChI=1S/C15H19N5O3/c1-9-16-6-3-12(17-9)14(21)19-13(11-4-7-22-8-5-11)15-18-10(2)20-23-15/h3,6,11,13H,4-5,7-8H2,1-2H3,(H,19,21)/t13-/m1/s1. The summed E-state index contributed by atoms with van der Waals surface area (Å²) in [5.74, 6) is 1.44. The number of amides is 1. The summed E-state index contributed by atoms with van der Waals surface area (Å²) in [5, 5.41) is 6.81. The third kappa shape index (κ3) is 3.70. The summed E-state index contributed by atoms with van der Waals surface area (Å²) in [6.07, 6.45) is 3.22. The van der Waals surface area contributed by atoms with Gasteiger partial charge >= 0.3 is 0 Å². The number of rotatable bonds is 4. The molecule has 0 aromatic carbocycles. The van der Waals surface area contributed by atoms with E-state index in [0.717, 1.165) is 12.8 Å². The van der Waals surface area contributed by atoms with Crippen LogP contribution in [0.5, 0.6) is 0 Å². The Morgan fingerprint density at radius 3 is 2.70 bits per heavy atom. The van der Waals surface area contributed by atoms with Gasteiger partial charge in [-0.25, -0.2) is 9.97 Å². The molecule has 122 valence electrons. The van der Waals surface area contributed by atoms with E-state index in [1.807, 2.05) is 0 Å². The maximum atomic E-state index is 12.5. The lowest BCUT2D eigenvalue weighted by Crippen LogP contribution is -2.36. The van der Waals surface area contributed by atoms with E-state index in [9.17, 15) is 4.79 Å². The first-order valence-corrected chi connectivity index (χ1v) is 7.62. The molecule has 0 saturated carbocycles. The van der Waals surface area contributed by atoms with Gasteiger partial charge in [-0.05, 0) is 38.7 Å². The van der Waals surface area contributed by atoms with E-state index >= 15 is 0 Å². The molecule has 1 amide bonds. The summed E-state index contributed by atoms with van der Waals surface area (Å²) in [7, 11) is 0. The Balaban J connectivity index is 1.81. The molecule has 1 saturated heterocycles. The molecule has 0 unspecified atom stereocenters. The molecule has 1 N–H and O–H groups in total. The number of aryl methyl sites for hydroxylation is 2. The van der Waals surface area contributed by atoms with Crippen LogP contribution in [0.1, 0.15) is 46.9 Å². The summed E-state index contributed by atoms with van der Waals surface area (Å²) in [5.41, 5.74) is 0.325. The van der Waals surface area contributed by atoms with Crippen molar-refractivity contribution in [1.82, 2.24) is 25.4 Å². The zero-order valence-corrected chi connectivity index (χ0v) is 13.2. The van der Waals surface area contributed by atoms with Crippen molar-refractivity contribution in [3.8, 4) is 0 Å². The number of carbonyl (C=O) groups is 1. The van der Waals surface area contributed by atoms with Gasteiger partial charge in [0.1, 0.15) is 17.6 Å². The largest absolute Gasteiger partial charge is 0.381 e. The first-order valence-electron chi connectivity index (χ1n) is 7.62. The molecule has 1 atom stereocenters. The summed E-state index contributed by atoms with van der Waals surface area (Å²) < 4.78 is 10.7. The van der Waals surface area contributed by atoms with Crippen LogP contribution in [0.2, 0.25) is 0 Å². The van der Waals surface area contributed by atoms with Crippen LogP contribution in [-0.2, 0) is 4.74 Å². The van der Waals surface area contributed by atoms with Crippen molar-refractivity contribution >= 4 is 5.91 Å². The lowest BCUT2D eigenvalue weighted by molar-refractivity contribution is 0.0467. The van der Waals surface area contributed by atoms with Crippen molar-refractivity contribution in [3.63, 3.8) is 0 Å². The number of aromatic nitrogens is 4. The Hall–Kier alpha value is -2.35. The zero-order chi connectivity index (χ0) is 16.2. The number of hydrogen-bond acceptors (Lipinski definition) is 7. The van der Waals surface area contributed by atoms with Crippen molar-refractivity contribution in [2.75, 3.05) is 13.2 Å². The van der Waals surface area contributed by atoms with Gasteiger partial charge in [-0.1, -0.05) is 5.16 Å². The fourth-order valence-corrected chi connectivity index (χ4v) is 2.67.